The average Bonchev–Trinajstić information content (AvgIpc) is 3.09. The van der Waals surface area contributed by atoms with Crippen molar-refractivity contribution in [1.82, 2.24) is 4.90 Å². The molecule has 2 aromatic rings. The van der Waals surface area contributed by atoms with Gasteiger partial charge in [0.2, 0.25) is 5.91 Å². The highest BCUT2D eigenvalue weighted by molar-refractivity contribution is 7.07. The van der Waals surface area contributed by atoms with E-state index in [1.165, 1.54) is 24.3 Å². The molecule has 1 amide bonds. The maximum absolute atomic E-state index is 13.0. The van der Waals surface area contributed by atoms with Gasteiger partial charge >= 0.3 is 5.97 Å². The minimum Gasteiger partial charge on any atom is -0.481 e. The van der Waals surface area contributed by atoms with Gasteiger partial charge in [-0.25, -0.2) is 4.39 Å². The Hall–Kier alpha value is -2.25. The number of anilines is 1. The topological polar surface area (TPSA) is 69.6 Å². The molecule has 2 atom stereocenters. The van der Waals surface area contributed by atoms with Crippen molar-refractivity contribution in [3.05, 3.63) is 52.5 Å². The molecule has 5 nitrogen and oxygen atoms in total. The molecule has 0 bridgehead atoms. The molecule has 132 valence electrons. The van der Waals surface area contributed by atoms with Crippen LogP contribution in [0.3, 0.4) is 0 Å². The van der Waals surface area contributed by atoms with E-state index in [0.717, 1.165) is 5.56 Å². The van der Waals surface area contributed by atoms with Crippen LogP contribution in [0.15, 0.2) is 41.1 Å². The summed E-state index contributed by atoms with van der Waals surface area (Å²) in [5, 5.41) is 16.2. The van der Waals surface area contributed by atoms with Crippen LogP contribution in [0.5, 0.6) is 0 Å². The van der Waals surface area contributed by atoms with Crippen LogP contribution in [0.4, 0.5) is 10.1 Å². The SMILES string of the molecule is O=C(O)[C@H]1C[C@@H](C(=O)Nc2ccc(F)cc2)CN(Cc2ccsc2)C1. The third-order valence-corrected chi connectivity index (χ3v) is 5.08. The van der Waals surface area contributed by atoms with Crippen LogP contribution in [0.25, 0.3) is 0 Å². The highest BCUT2D eigenvalue weighted by atomic mass is 32.1. The molecule has 25 heavy (non-hydrogen) atoms. The number of piperidine rings is 1. The molecule has 1 aliphatic rings. The Morgan fingerprint density at radius 1 is 1.20 bits per heavy atom. The average molecular weight is 362 g/mol. The Morgan fingerprint density at radius 2 is 1.92 bits per heavy atom. The summed E-state index contributed by atoms with van der Waals surface area (Å²) in [6.45, 7) is 1.58. The van der Waals surface area contributed by atoms with Crippen molar-refractivity contribution in [2.75, 3.05) is 18.4 Å². The Kier molecular flexibility index (Phi) is 5.45. The molecule has 0 radical (unpaired) electrons. The molecule has 0 saturated carbocycles. The van der Waals surface area contributed by atoms with Crippen LogP contribution < -0.4 is 5.32 Å². The van der Waals surface area contributed by atoms with Crippen molar-refractivity contribution in [2.45, 2.75) is 13.0 Å². The largest absolute Gasteiger partial charge is 0.481 e. The van der Waals surface area contributed by atoms with E-state index in [4.69, 9.17) is 0 Å². The summed E-state index contributed by atoms with van der Waals surface area (Å²) < 4.78 is 13.0. The monoisotopic (exact) mass is 362 g/mol. The quantitative estimate of drug-likeness (QED) is 0.858. The van der Waals surface area contributed by atoms with Gasteiger partial charge in [0.15, 0.2) is 0 Å². The number of thiophene rings is 1. The normalized spacial score (nSPS) is 21.0. The number of benzene rings is 1. The Bertz CT molecular complexity index is 733. The van der Waals surface area contributed by atoms with Crippen LogP contribution in [0.1, 0.15) is 12.0 Å². The van der Waals surface area contributed by atoms with Crippen LogP contribution in [0, 0.1) is 17.7 Å². The number of likely N-dealkylation sites (tertiary alicyclic amines) is 1. The first-order valence-electron chi connectivity index (χ1n) is 8.04. The number of hydrogen-bond donors (Lipinski definition) is 2. The number of nitrogens with zero attached hydrogens (tertiary/aromatic N) is 1. The molecule has 1 aromatic carbocycles. The molecule has 1 fully saturated rings. The fourth-order valence-electron chi connectivity index (χ4n) is 3.11. The lowest BCUT2D eigenvalue weighted by molar-refractivity contribution is -0.145. The second-order valence-corrected chi connectivity index (χ2v) is 7.07. The lowest BCUT2D eigenvalue weighted by Crippen LogP contribution is -2.46. The number of carboxylic acid groups (broad SMARTS) is 1. The molecule has 2 heterocycles. The van der Waals surface area contributed by atoms with Gasteiger partial charge in [-0.1, -0.05) is 0 Å². The highest BCUT2D eigenvalue weighted by Crippen LogP contribution is 2.25. The number of aliphatic carboxylic acids is 1. The van der Waals surface area contributed by atoms with Crippen molar-refractivity contribution in [1.29, 1.82) is 0 Å². The van der Waals surface area contributed by atoms with Crippen LogP contribution in [-0.4, -0.2) is 35.0 Å². The molecule has 1 aromatic heterocycles. The predicted octanol–water partition coefficient (Wildman–Crippen LogP) is 3.05. The fourth-order valence-corrected chi connectivity index (χ4v) is 3.77. The van der Waals surface area contributed by atoms with E-state index in [1.54, 1.807) is 11.3 Å². The first-order chi connectivity index (χ1) is 12.0. The van der Waals surface area contributed by atoms with Crippen molar-refractivity contribution < 1.29 is 19.1 Å². The highest BCUT2D eigenvalue weighted by Gasteiger charge is 2.35. The van der Waals surface area contributed by atoms with Crippen molar-refractivity contribution >= 4 is 28.9 Å². The number of rotatable bonds is 5. The third kappa shape index (κ3) is 4.64. The smallest absolute Gasteiger partial charge is 0.307 e. The molecular formula is C18H19FN2O3S. The predicted molar refractivity (Wildman–Crippen MR) is 93.9 cm³/mol. The standard InChI is InChI=1S/C18H19FN2O3S/c19-15-1-3-16(4-2-15)20-17(22)13-7-14(18(23)24)10-21(9-13)8-12-5-6-25-11-12/h1-6,11,13-14H,7-10H2,(H,20,22)(H,23,24)/t13-,14+/m1/s1. The number of carbonyl (C=O) groups excluding carboxylic acids is 1. The summed E-state index contributed by atoms with van der Waals surface area (Å²) in [6.07, 6.45) is 0.308. The summed E-state index contributed by atoms with van der Waals surface area (Å²) in [5.41, 5.74) is 1.63. The van der Waals surface area contributed by atoms with Crippen LogP contribution in [0.2, 0.25) is 0 Å². The number of carboxylic acids is 1. The minimum absolute atomic E-state index is 0.229. The van der Waals surface area contributed by atoms with Crippen LogP contribution >= 0.6 is 11.3 Å². The lowest BCUT2D eigenvalue weighted by Gasteiger charge is -2.35. The molecule has 0 unspecified atom stereocenters. The van der Waals surface area contributed by atoms with Gasteiger partial charge in [0.25, 0.3) is 0 Å². The molecular weight excluding hydrogens is 343 g/mol. The summed E-state index contributed by atoms with van der Waals surface area (Å²) in [7, 11) is 0. The van der Waals surface area contributed by atoms with Gasteiger partial charge in [-0.3, -0.25) is 14.5 Å². The fraction of sp³-hybridized carbons (Fsp3) is 0.333. The maximum atomic E-state index is 13.0. The Labute approximate surface area is 149 Å². The van der Waals surface area contributed by atoms with E-state index in [1.807, 2.05) is 21.7 Å². The lowest BCUT2D eigenvalue weighted by atomic mass is 9.88. The van der Waals surface area contributed by atoms with Gasteiger partial charge in [-0.05, 0) is 53.1 Å². The maximum Gasteiger partial charge on any atom is 0.307 e. The van der Waals surface area contributed by atoms with Crippen molar-refractivity contribution in [2.24, 2.45) is 11.8 Å². The Balaban J connectivity index is 1.68. The van der Waals surface area contributed by atoms with Gasteiger partial charge in [0.05, 0.1) is 11.8 Å². The number of carbonyl (C=O) groups is 2. The molecule has 3 rings (SSSR count). The van der Waals surface area contributed by atoms with Gasteiger partial charge in [0.1, 0.15) is 5.82 Å². The number of halogens is 1. The van der Waals surface area contributed by atoms with E-state index in [-0.39, 0.29) is 11.7 Å². The minimum atomic E-state index is -0.880. The van der Waals surface area contributed by atoms with Gasteiger partial charge in [-0.15, -0.1) is 0 Å². The Morgan fingerprint density at radius 3 is 2.56 bits per heavy atom. The third-order valence-electron chi connectivity index (χ3n) is 4.34. The summed E-state index contributed by atoms with van der Waals surface area (Å²) in [4.78, 5) is 26.0. The van der Waals surface area contributed by atoms with Crippen molar-refractivity contribution in [3.63, 3.8) is 0 Å². The summed E-state index contributed by atoms with van der Waals surface area (Å²) >= 11 is 1.59. The van der Waals surface area contributed by atoms with E-state index in [9.17, 15) is 19.1 Å². The summed E-state index contributed by atoms with van der Waals surface area (Å²) in [6, 6.07) is 7.54. The van der Waals surface area contributed by atoms with E-state index >= 15 is 0 Å². The van der Waals surface area contributed by atoms with Gasteiger partial charge in [-0.2, -0.15) is 11.3 Å². The van der Waals surface area contributed by atoms with E-state index < -0.39 is 17.8 Å². The number of hydrogen-bond acceptors (Lipinski definition) is 4. The zero-order valence-electron chi connectivity index (χ0n) is 13.5. The molecule has 0 spiro atoms. The van der Waals surface area contributed by atoms with E-state index in [0.29, 0.717) is 31.7 Å². The zero-order valence-corrected chi connectivity index (χ0v) is 14.3. The van der Waals surface area contributed by atoms with Gasteiger partial charge < -0.3 is 10.4 Å². The second-order valence-electron chi connectivity index (χ2n) is 6.29. The van der Waals surface area contributed by atoms with Crippen LogP contribution in [-0.2, 0) is 16.1 Å². The van der Waals surface area contributed by atoms with Gasteiger partial charge in [0, 0.05) is 25.3 Å². The first kappa shape index (κ1) is 17.6. The molecule has 7 heteroatoms. The van der Waals surface area contributed by atoms with Crippen molar-refractivity contribution in [3.8, 4) is 0 Å². The molecule has 1 aliphatic heterocycles. The first-order valence-corrected chi connectivity index (χ1v) is 8.98. The number of nitrogens with one attached hydrogen (secondary N) is 1. The molecule has 0 aliphatic carbocycles. The molecule has 2 N–H and O–H groups in total. The molecule has 1 saturated heterocycles. The number of amides is 1. The van der Waals surface area contributed by atoms with E-state index in [2.05, 4.69) is 5.32 Å². The second kappa shape index (κ2) is 7.76. The summed E-state index contributed by atoms with van der Waals surface area (Å²) in [5.74, 6) is -2.47. The zero-order chi connectivity index (χ0) is 17.8.